The topological polar surface area (TPSA) is 88.6 Å². The molecule has 0 bridgehead atoms. The fraction of sp³-hybridized carbons (Fsp3) is 0.292. The van der Waals surface area contributed by atoms with E-state index in [0.717, 1.165) is 18.8 Å². The van der Waals surface area contributed by atoms with Gasteiger partial charge in [-0.3, -0.25) is 4.79 Å². The maximum absolute atomic E-state index is 11.7. The summed E-state index contributed by atoms with van der Waals surface area (Å²) in [6.45, 7) is 7.81. The summed E-state index contributed by atoms with van der Waals surface area (Å²) in [6, 6.07) is 12.9. The second kappa shape index (κ2) is 11.4. The van der Waals surface area contributed by atoms with Gasteiger partial charge in [-0.2, -0.15) is 4.98 Å². The molecule has 1 aromatic heterocycles. The first-order valence-electron chi connectivity index (χ1n) is 10.8. The van der Waals surface area contributed by atoms with Crippen molar-refractivity contribution >= 4 is 40.5 Å². The van der Waals surface area contributed by atoms with Gasteiger partial charge in [0.2, 0.25) is 17.7 Å². The number of hydrogen-bond donors (Lipinski definition) is 2. The van der Waals surface area contributed by atoms with E-state index < -0.39 is 0 Å². The number of hydrogen-bond acceptors (Lipinski definition) is 7. The summed E-state index contributed by atoms with van der Waals surface area (Å²) >= 11 is 6.26. The largest absolute Gasteiger partial charge is 0.494 e. The van der Waals surface area contributed by atoms with Crippen LogP contribution in [0.15, 0.2) is 48.7 Å². The van der Waals surface area contributed by atoms with E-state index in [1.807, 2.05) is 18.2 Å². The van der Waals surface area contributed by atoms with Crippen LogP contribution < -0.4 is 25.0 Å². The fourth-order valence-corrected chi connectivity index (χ4v) is 3.30. The summed E-state index contributed by atoms with van der Waals surface area (Å²) in [6.07, 6.45) is 1.85. The highest BCUT2D eigenvalue weighted by Gasteiger charge is 2.13. The molecule has 2 aromatic carbocycles. The second-order valence-corrected chi connectivity index (χ2v) is 7.47. The van der Waals surface area contributed by atoms with E-state index >= 15 is 0 Å². The van der Waals surface area contributed by atoms with Crippen LogP contribution in [0.5, 0.6) is 17.4 Å². The summed E-state index contributed by atoms with van der Waals surface area (Å²) in [5.41, 5.74) is 2.41. The molecular formula is C24H28ClN5O3. The Balaban J connectivity index is 1.81. The highest BCUT2D eigenvalue weighted by Crippen LogP contribution is 2.33. The minimum atomic E-state index is -0.0836. The van der Waals surface area contributed by atoms with Gasteiger partial charge in [-0.15, -0.1) is 0 Å². The molecule has 0 unspecified atom stereocenters. The lowest BCUT2D eigenvalue weighted by Crippen LogP contribution is -2.21. The van der Waals surface area contributed by atoms with Crippen LogP contribution in [-0.2, 0) is 4.79 Å². The van der Waals surface area contributed by atoms with Gasteiger partial charge in [0, 0.05) is 43.0 Å². The number of halogens is 1. The average Bonchev–Trinajstić information content (AvgIpc) is 2.83. The second-order valence-electron chi connectivity index (χ2n) is 7.06. The molecule has 33 heavy (non-hydrogen) atoms. The summed E-state index contributed by atoms with van der Waals surface area (Å²) in [5.74, 6) is 1.56. The third-order valence-electron chi connectivity index (χ3n) is 4.93. The fourth-order valence-electron chi connectivity index (χ4n) is 3.17. The van der Waals surface area contributed by atoms with Crippen LogP contribution in [0.25, 0.3) is 0 Å². The average molecular weight is 470 g/mol. The van der Waals surface area contributed by atoms with Crippen molar-refractivity contribution in [1.82, 2.24) is 9.97 Å². The number of carbonyl (C=O) groups excluding carboxylic acids is 1. The minimum absolute atomic E-state index is 0.0836. The molecule has 0 aliphatic heterocycles. The molecule has 0 aliphatic carbocycles. The van der Waals surface area contributed by atoms with Gasteiger partial charge >= 0.3 is 0 Å². The molecule has 0 saturated heterocycles. The maximum atomic E-state index is 11.7. The SMILES string of the molecule is CCC(=O)Nc1cccc(Oc2nc(Nc3ccc(N(CC)CC)cc3OC)ncc2Cl)c1. The number of carbonyl (C=O) groups is 1. The van der Waals surface area contributed by atoms with E-state index in [0.29, 0.717) is 35.2 Å². The molecule has 1 heterocycles. The van der Waals surface area contributed by atoms with Crippen molar-refractivity contribution in [3.8, 4) is 17.4 Å². The van der Waals surface area contributed by atoms with Crippen LogP contribution in [0.4, 0.5) is 23.0 Å². The lowest BCUT2D eigenvalue weighted by atomic mass is 10.2. The van der Waals surface area contributed by atoms with Crippen molar-refractivity contribution in [2.24, 2.45) is 0 Å². The van der Waals surface area contributed by atoms with Crippen LogP contribution in [0.1, 0.15) is 27.2 Å². The third-order valence-corrected chi connectivity index (χ3v) is 5.18. The molecule has 0 radical (unpaired) electrons. The van der Waals surface area contributed by atoms with Crippen molar-refractivity contribution in [2.75, 3.05) is 35.7 Å². The zero-order valence-electron chi connectivity index (χ0n) is 19.2. The lowest BCUT2D eigenvalue weighted by Gasteiger charge is -2.22. The summed E-state index contributed by atoms with van der Waals surface area (Å²) in [5, 5.41) is 6.22. The van der Waals surface area contributed by atoms with Crippen molar-refractivity contribution in [3.63, 3.8) is 0 Å². The van der Waals surface area contributed by atoms with Crippen LogP contribution >= 0.6 is 11.6 Å². The number of ether oxygens (including phenoxy) is 2. The molecule has 3 aromatic rings. The first kappa shape index (κ1) is 24.1. The normalized spacial score (nSPS) is 10.5. The molecule has 0 spiro atoms. The monoisotopic (exact) mass is 469 g/mol. The number of anilines is 4. The summed E-state index contributed by atoms with van der Waals surface area (Å²) < 4.78 is 11.4. The first-order chi connectivity index (χ1) is 16.0. The molecule has 1 amide bonds. The molecule has 0 aliphatic rings. The number of benzene rings is 2. The molecule has 8 nitrogen and oxygen atoms in total. The Hall–Kier alpha value is -3.52. The molecular weight excluding hydrogens is 442 g/mol. The predicted octanol–water partition coefficient (Wildman–Crippen LogP) is 5.87. The Kier molecular flexibility index (Phi) is 8.32. The van der Waals surface area contributed by atoms with E-state index in [1.54, 1.807) is 38.3 Å². The minimum Gasteiger partial charge on any atom is -0.494 e. The number of methoxy groups -OCH3 is 1. The van der Waals surface area contributed by atoms with Crippen molar-refractivity contribution in [3.05, 3.63) is 53.7 Å². The summed E-state index contributed by atoms with van der Waals surface area (Å²) in [7, 11) is 1.62. The van der Waals surface area contributed by atoms with Crippen molar-refractivity contribution in [2.45, 2.75) is 27.2 Å². The van der Waals surface area contributed by atoms with Gasteiger partial charge in [0.15, 0.2) is 0 Å². The van der Waals surface area contributed by atoms with Gasteiger partial charge in [0.25, 0.3) is 0 Å². The first-order valence-corrected chi connectivity index (χ1v) is 11.1. The zero-order valence-corrected chi connectivity index (χ0v) is 19.9. The van der Waals surface area contributed by atoms with Crippen molar-refractivity contribution < 1.29 is 14.3 Å². The number of nitrogens with zero attached hydrogens (tertiary/aromatic N) is 3. The van der Waals surface area contributed by atoms with Gasteiger partial charge in [-0.25, -0.2) is 4.98 Å². The van der Waals surface area contributed by atoms with Crippen LogP contribution in [0.3, 0.4) is 0 Å². The van der Waals surface area contributed by atoms with Gasteiger partial charge in [0.05, 0.1) is 19.0 Å². The molecule has 174 valence electrons. The van der Waals surface area contributed by atoms with E-state index in [2.05, 4.69) is 39.3 Å². The van der Waals surface area contributed by atoms with Crippen molar-refractivity contribution in [1.29, 1.82) is 0 Å². The lowest BCUT2D eigenvalue weighted by molar-refractivity contribution is -0.115. The Morgan fingerprint density at radius 2 is 1.91 bits per heavy atom. The van der Waals surface area contributed by atoms with Crippen LogP contribution in [0.2, 0.25) is 5.02 Å². The smallest absolute Gasteiger partial charge is 0.243 e. The highest BCUT2D eigenvalue weighted by molar-refractivity contribution is 6.31. The molecule has 0 saturated carbocycles. The molecule has 0 atom stereocenters. The Morgan fingerprint density at radius 1 is 1.12 bits per heavy atom. The van der Waals surface area contributed by atoms with Gasteiger partial charge in [-0.05, 0) is 38.1 Å². The number of rotatable bonds is 10. The van der Waals surface area contributed by atoms with E-state index in [1.165, 1.54) is 6.20 Å². The molecule has 9 heteroatoms. The predicted molar refractivity (Wildman–Crippen MR) is 132 cm³/mol. The Bertz CT molecular complexity index is 1110. The van der Waals surface area contributed by atoms with E-state index in [9.17, 15) is 4.79 Å². The zero-order chi connectivity index (χ0) is 23.8. The molecule has 2 N–H and O–H groups in total. The van der Waals surface area contributed by atoms with Gasteiger partial charge in [-0.1, -0.05) is 24.6 Å². The number of amides is 1. The Labute approximate surface area is 198 Å². The summed E-state index contributed by atoms with van der Waals surface area (Å²) in [4.78, 5) is 22.5. The number of aromatic nitrogens is 2. The van der Waals surface area contributed by atoms with Crippen LogP contribution in [0, 0.1) is 0 Å². The molecule has 0 fully saturated rings. The standard InChI is InChI=1S/C24H28ClN5O3/c1-5-22(31)27-16-9-8-10-18(13-16)33-23-19(25)15-26-24(29-23)28-20-12-11-17(14-21(20)32-4)30(6-2)7-3/h8-15H,5-7H2,1-4H3,(H,27,31)(H,26,28,29). The number of nitrogens with one attached hydrogen (secondary N) is 2. The third kappa shape index (κ3) is 6.26. The van der Waals surface area contributed by atoms with Crippen LogP contribution in [-0.4, -0.2) is 36.1 Å². The van der Waals surface area contributed by atoms with E-state index in [-0.39, 0.29) is 16.8 Å². The van der Waals surface area contributed by atoms with Gasteiger partial charge in [0.1, 0.15) is 16.5 Å². The highest BCUT2D eigenvalue weighted by atomic mass is 35.5. The van der Waals surface area contributed by atoms with E-state index in [4.69, 9.17) is 21.1 Å². The maximum Gasteiger partial charge on any atom is 0.243 e. The Morgan fingerprint density at radius 3 is 2.61 bits per heavy atom. The van der Waals surface area contributed by atoms with Gasteiger partial charge < -0.3 is 25.0 Å². The molecule has 3 rings (SSSR count). The quantitative estimate of drug-likeness (QED) is 0.384.